The predicted octanol–water partition coefficient (Wildman–Crippen LogP) is 5.94. The van der Waals surface area contributed by atoms with E-state index in [0.717, 1.165) is 42.9 Å². The highest BCUT2D eigenvalue weighted by molar-refractivity contribution is 6.03. The lowest BCUT2D eigenvalue weighted by Crippen LogP contribution is -2.37. The summed E-state index contributed by atoms with van der Waals surface area (Å²) in [5.74, 6) is 1.53. The summed E-state index contributed by atoms with van der Waals surface area (Å²) in [6, 6.07) is 18.0. The molecule has 0 radical (unpaired) electrons. The van der Waals surface area contributed by atoms with Crippen molar-refractivity contribution in [1.82, 2.24) is 4.90 Å². The fourth-order valence-electron chi connectivity index (χ4n) is 3.97. The van der Waals surface area contributed by atoms with Gasteiger partial charge in [-0.1, -0.05) is 69.3 Å². The number of hydrogen-bond donors (Lipinski definition) is 1. The molecule has 1 heterocycles. The summed E-state index contributed by atoms with van der Waals surface area (Å²) in [4.78, 5) is 7.34. The minimum Gasteiger partial charge on any atom is -0.507 e. The third-order valence-corrected chi connectivity index (χ3v) is 5.35. The second kappa shape index (κ2) is 11.0. The predicted molar refractivity (Wildman–Crippen MR) is 128 cm³/mol. The van der Waals surface area contributed by atoms with Crippen LogP contribution in [-0.2, 0) is 11.2 Å². The Bertz CT molecular complexity index is 958. The molecule has 1 aliphatic rings. The Morgan fingerprint density at radius 1 is 1.06 bits per heavy atom. The number of nitrogens with zero attached hydrogens (tertiary/aromatic N) is 2. The van der Waals surface area contributed by atoms with Crippen LogP contribution in [-0.4, -0.2) is 36.1 Å². The van der Waals surface area contributed by atoms with Gasteiger partial charge in [0.1, 0.15) is 11.6 Å². The van der Waals surface area contributed by atoms with Crippen molar-refractivity contribution in [1.29, 1.82) is 0 Å². The van der Waals surface area contributed by atoms with Crippen LogP contribution < -0.4 is 0 Å². The summed E-state index contributed by atoms with van der Waals surface area (Å²) >= 11 is 0. The van der Waals surface area contributed by atoms with Crippen LogP contribution in [0.4, 0.5) is 0 Å². The number of aromatic hydroxyl groups is 1. The molecule has 0 saturated heterocycles. The lowest BCUT2D eigenvalue weighted by molar-refractivity contribution is 0.222. The van der Waals surface area contributed by atoms with Gasteiger partial charge < -0.3 is 14.7 Å². The molecule has 0 atom stereocenters. The number of methoxy groups -OCH3 is 1. The van der Waals surface area contributed by atoms with Crippen molar-refractivity contribution in [3.05, 3.63) is 88.8 Å². The van der Waals surface area contributed by atoms with Crippen LogP contribution in [0.2, 0.25) is 0 Å². The molecule has 0 aromatic heterocycles. The normalized spacial score (nSPS) is 15.7. The van der Waals surface area contributed by atoms with E-state index in [-0.39, 0.29) is 5.75 Å². The Morgan fingerprint density at radius 2 is 1.77 bits per heavy atom. The smallest absolute Gasteiger partial charge is 0.144 e. The number of amidine groups is 1. The van der Waals surface area contributed by atoms with Gasteiger partial charge in [0.2, 0.25) is 0 Å². The van der Waals surface area contributed by atoms with Crippen LogP contribution >= 0.6 is 0 Å². The maximum absolute atomic E-state index is 10.6. The van der Waals surface area contributed by atoms with Gasteiger partial charge in [-0.05, 0) is 48.4 Å². The molecule has 0 spiro atoms. The standard InChI is InChI=1S/C27H34N2O2/c1-5-11-25-23(18-20(2)3)24(19-31-4)28-27(22-14-9-10-15-26(22)30)29(25)17-16-21-12-7-6-8-13-21/h6-15,20,30H,5,16-19H2,1-4H3/b25-11+. The molecule has 3 rings (SSSR count). The van der Waals surface area contributed by atoms with Crippen LogP contribution in [0.15, 0.2) is 82.6 Å². The molecule has 1 N–H and O–H groups in total. The Morgan fingerprint density at radius 3 is 2.42 bits per heavy atom. The molecule has 164 valence electrons. The minimum atomic E-state index is 0.242. The molecule has 2 aromatic carbocycles. The number of aliphatic imine (C=N–C) groups is 1. The van der Waals surface area contributed by atoms with Crippen LogP contribution in [0.25, 0.3) is 0 Å². The van der Waals surface area contributed by atoms with Gasteiger partial charge >= 0.3 is 0 Å². The Kier molecular flexibility index (Phi) is 8.07. The van der Waals surface area contributed by atoms with Crippen molar-refractivity contribution in [2.45, 2.75) is 40.0 Å². The topological polar surface area (TPSA) is 45.1 Å². The van der Waals surface area contributed by atoms with Gasteiger partial charge in [0.25, 0.3) is 0 Å². The lowest BCUT2D eigenvalue weighted by atomic mass is 9.94. The molecule has 1 aliphatic heterocycles. The molecule has 0 aliphatic carbocycles. The zero-order chi connectivity index (χ0) is 22.2. The highest BCUT2D eigenvalue weighted by atomic mass is 16.5. The van der Waals surface area contributed by atoms with E-state index in [0.29, 0.717) is 12.5 Å². The maximum Gasteiger partial charge on any atom is 0.144 e. The van der Waals surface area contributed by atoms with Crippen molar-refractivity contribution in [3.63, 3.8) is 0 Å². The molecular formula is C27H34N2O2. The average Bonchev–Trinajstić information content (AvgIpc) is 2.76. The number of allylic oxidation sites excluding steroid dienone is 2. The summed E-state index contributed by atoms with van der Waals surface area (Å²) in [5.41, 5.74) is 5.41. The second-order valence-corrected chi connectivity index (χ2v) is 8.29. The summed E-state index contributed by atoms with van der Waals surface area (Å²) in [6.45, 7) is 7.86. The molecular weight excluding hydrogens is 384 g/mol. The molecule has 4 heteroatoms. The second-order valence-electron chi connectivity index (χ2n) is 8.29. The molecule has 0 bridgehead atoms. The van der Waals surface area contributed by atoms with Crippen molar-refractivity contribution >= 4 is 5.84 Å². The fraction of sp³-hybridized carbons (Fsp3) is 0.370. The van der Waals surface area contributed by atoms with Gasteiger partial charge in [-0.15, -0.1) is 0 Å². The fourth-order valence-corrected chi connectivity index (χ4v) is 3.97. The molecule has 31 heavy (non-hydrogen) atoms. The molecule has 0 unspecified atom stereocenters. The zero-order valence-corrected chi connectivity index (χ0v) is 19.1. The first-order valence-corrected chi connectivity index (χ1v) is 11.1. The van der Waals surface area contributed by atoms with Gasteiger partial charge in [-0.25, -0.2) is 4.99 Å². The summed E-state index contributed by atoms with van der Waals surface area (Å²) in [6.07, 6.45) is 5.03. The third kappa shape index (κ3) is 5.65. The highest BCUT2D eigenvalue weighted by Gasteiger charge is 2.29. The first-order chi connectivity index (χ1) is 15.0. The van der Waals surface area contributed by atoms with Crippen molar-refractivity contribution in [2.24, 2.45) is 10.9 Å². The average molecular weight is 419 g/mol. The maximum atomic E-state index is 10.6. The van der Waals surface area contributed by atoms with Gasteiger partial charge in [0, 0.05) is 19.4 Å². The van der Waals surface area contributed by atoms with E-state index in [9.17, 15) is 5.11 Å². The van der Waals surface area contributed by atoms with E-state index in [4.69, 9.17) is 9.73 Å². The van der Waals surface area contributed by atoms with Gasteiger partial charge in [0.15, 0.2) is 0 Å². The first kappa shape index (κ1) is 22.8. The van der Waals surface area contributed by atoms with Crippen molar-refractivity contribution in [2.75, 3.05) is 20.3 Å². The van der Waals surface area contributed by atoms with Crippen LogP contribution in [0.1, 0.15) is 44.7 Å². The monoisotopic (exact) mass is 418 g/mol. The number of phenols is 1. The van der Waals surface area contributed by atoms with Crippen molar-refractivity contribution < 1.29 is 9.84 Å². The quantitative estimate of drug-likeness (QED) is 0.548. The Labute approximate surface area is 186 Å². The summed E-state index contributed by atoms with van der Waals surface area (Å²) in [5, 5.41) is 10.6. The molecule has 0 amide bonds. The van der Waals surface area contributed by atoms with E-state index in [1.807, 2.05) is 24.3 Å². The molecule has 4 nitrogen and oxygen atoms in total. The van der Waals surface area contributed by atoms with Gasteiger partial charge in [-0.3, -0.25) is 0 Å². The molecule has 0 fully saturated rings. The number of para-hydroxylation sites is 1. The largest absolute Gasteiger partial charge is 0.507 e. The van der Waals surface area contributed by atoms with Crippen LogP contribution in [0.5, 0.6) is 5.75 Å². The van der Waals surface area contributed by atoms with E-state index >= 15 is 0 Å². The summed E-state index contributed by atoms with van der Waals surface area (Å²) in [7, 11) is 1.71. The van der Waals surface area contributed by atoms with E-state index < -0.39 is 0 Å². The van der Waals surface area contributed by atoms with Gasteiger partial charge in [-0.2, -0.15) is 0 Å². The van der Waals surface area contributed by atoms with E-state index in [2.05, 4.69) is 56.0 Å². The number of ether oxygens (including phenoxy) is 1. The summed E-state index contributed by atoms with van der Waals surface area (Å²) < 4.78 is 5.53. The first-order valence-electron chi connectivity index (χ1n) is 11.1. The Balaban J connectivity index is 2.12. The van der Waals surface area contributed by atoms with Crippen LogP contribution in [0, 0.1) is 5.92 Å². The number of hydrogen-bond acceptors (Lipinski definition) is 4. The van der Waals surface area contributed by atoms with E-state index in [1.165, 1.54) is 16.8 Å². The Hall–Kier alpha value is -2.85. The van der Waals surface area contributed by atoms with Crippen molar-refractivity contribution in [3.8, 4) is 5.75 Å². The third-order valence-electron chi connectivity index (χ3n) is 5.35. The lowest BCUT2D eigenvalue weighted by Gasteiger charge is -2.36. The molecule has 0 saturated carbocycles. The number of phenolic OH excluding ortho intramolecular Hbond substituents is 1. The van der Waals surface area contributed by atoms with Gasteiger partial charge in [0.05, 0.1) is 17.9 Å². The van der Waals surface area contributed by atoms with Crippen LogP contribution in [0.3, 0.4) is 0 Å². The number of benzene rings is 2. The van der Waals surface area contributed by atoms with E-state index in [1.54, 1.807) is 13.2 Å². The SMILES string of the molecule is CC/C=C1\C(CC(C)C)=C(COC)N=C(c2ccccc2O)N1CCc1ccccc1. The minimum absolute atomic E-state index is 0.242. The number of rotatable bonds is 9. The highest BCUT2D eigenvalue weighted by Crippen LogP contribution is 2.34. The zero-order valence-electron chi connectivity index (χ0n) is 19.1. The molecule has 2 aromatic rings.